The highest BCUT2D eigenvalue weighted by molar-refractivity contribution is 7.98. The van der Waals surface area contributed by atoms with E-state index in [1.54, 1.807) is 43.0 Å². The third-order valence-corrected chi connectivity index (χ3v) is 5.50. The molecule has 0 bridgehead atoms. The lowest BCUT2D eigenvalue weighted by Gasteiger charge is -2.14. The summed E-state index contributed by atoms with van der Waals surface area (Å²) in [6, 6.07) is 9.02. The molecule has 0 N–H and O–H groups in total. The van der Waals surface area contributed by atoms with Gasteiger partial charge < -0.3 is 4.57 Å². The van der Waals surface area contributed by atoms with Crippen LogP contribution in [-0.2, 0) is 6.54 Å². The molecule has 0 spiro atoms. The van der Waals surface area contributed by atoms with Gasteiger partial charge in [-0.25, -0.2) is 9.97 Å². The van der Waals surface area contributed by atoms with E-state index in [1.807, 2.05) is 23.0 Å². The standard InChI is InChI=1S/C20H14Cl2N4OS/c1-28-20-24-9-13-18(27)14(17-15(21)3-2-4-16(17)22)11-26(19(13)25-20)10-12-5-7-23-8-6-12/h2-9,11H,10H2,1H3. The predicted octanol–water partition coefficient (Wildman–Crippen LogP) is 4.93. The molecule has 0 saturated carbocycles. The van der Waals surface area contributed by atoms with Crippen molar-refractivity contribution in [1.82, 2.24) is 19.5 Å². The highest BCUT2D eigenvalue weighted by Crippen LogP contribution is 2.33. The summed E-state index contributed by atoms with van der Waals surface area (Å²) in [6.45, 7) is 0.513. The SMILES string of the molecule is CSc1ncc2c(=O)c(-c3c(Cl)cccc3Cl)cn(Cc3ccncc3)c2n1. The minimum absolute atomic E-state index is 0.205. The van der Waals surface area contributed by atoms with Crippen LogP contribution in [0.1, 0.15) is 5.56 Å². The molecule has 0 saturated heterocycles. The number of aromatic nitrogens is 4. The highest BCUT2D eigenvalue weighted by atomic mass is 35.5. The van der Waals surface area contributed by atoms with Crippen molar-refractivity contribution in [3.63, 3.8) is 0 Å². The maximum Gasteiger partial charge on any atom is 0.200 e. The molecule has 4 rings (SSSR count). The molecule has 8 heteroatoms. The van der Waals surface area contributed by atoms with Gasteiger partial charge in [-0.2, -0.15) is 0 Å². The zero-order chi connectivity index (χ0) is 19.7. The van der Waals surface area contributed by atoms with Crippen molar-refractivity contribution in [1.29, 1.82) is 0 Å². The molecule has 1 aromatic carbocycles. The van der Waals surface area contributed by atoms with E-state index in [1.165, 1.54) is 11.8 Å². The lowest BCUT2D eigenvalue weighted by Crippen LogP contribution is -2.15. The molecule has 0 aliphatic carbocycles. The minimum Gasteiger partial charge on any atom is -0.327 e. The third kappa shape index (κ3) is 3.51. The number of rotatable bonds is 4. The molecule has 3 heterocycles. The van der Waals surface area contributed by atoms with Crippen LogP contribution in [0.5, 0.6) is 0 Å². The molecule has 28 heavy (non-hydrogen) atoms. The first-order chi connectivity index (χ1) is 13.6. The summed E-state index contributed by atoms with van der Waals surface area (Å²) in [5, 5.41) is 1.85. The number of pyridine rings is 2. The molecule has 0 aliphatic heterocycles. The van der Waals surface area contributed by atoms with Crippen molar-refractivity contribution in [2.75, 3.05) is 6.26 Å². The average Bonchev–Trinajstić information content (AvgIpc) is 2.71. The van der Waals surface area contributed by atoms with Crippen molar-refractivity contribution in [3.05, 3.63) is 81.0 Å². The monoisotopic (exact) mass is 428 g/mol. The maximum absolute atomic E-state index is 13.2. The lowest BCUT2D eigenvalue weighted by atomic mass is 10.1. The summed E-state index contributed by atoms with van der Waals surface area (Å²) < 4.78 is 1.92. The Labute approximate surface area is 175 Å². The Bertz CT molecular complexity index is 1210. The Morgan fingerprint density at radius 1 is 1.11 bits per heavy atom. The number of hydrogen-bond acceptors (Lipinski definition) is 5. The topological polar surface area (TPSA) is 60.7 Å². The van der Waals surface area contributed by atoms with Crippen molar-refractivity contribution < 1.29 is 0 Å². The maximum atomic E-state index is 13.2. The van der Waals surface area contributed by atoms with Gasteiger partial charge >= 0.3 is 0 Å². The van der Waals surface area contributed by atoms with Crippen molar-refractivity contribution in [2.24, 2.45) is 0 Å². The number of halogens is 2. The van der Waals surface area contributed by atoms with E-state index in [4.69, 9.17) is 23.2 Å². The van der Waals surface area contributed by atoms with Gasteiger partial charge in [0.2, 0.25) is 5.43 Å². The molecular weight excluding hydrogens is 415 g/mol. The van der Waals surface area contributed by atoms with Crippen LogP contribution in [0.2, 0.25) is 10.0 Å². The second-order valence-corrected chi connectivity index (χ2v) is 7.63. The zero-order valence-electron chi connectivity index (χ0n) is 14.8. The normalized spacial score (nSPS) is 11.1. The molecule has 140 valence electrons. The summed E-state index contributed by atoms with van der Waals surface area (Å²) in [7, 11) is 0. The predicted molar refractivity (Wildman–Crippen MR) is 114 cm³/mol. The lowest BCUT2D eigenvalue weighted by molar-refractivity contribution is 0.798. The zero-order valence-corrected chi connectivity index (χ0v) is 17.1. The van der Waals surface area contributed by atoms with E-state index < -0.39 is 0 Å². The molecule has 0 amide bonds. The Morgan fingerprint density at radius 2 is 1.82 bits per heavy atom. The summed E-state index contributed by atoms with van der Waals surface area (Å²) in [5.74, 6) is 0. The molecule has 0 radical (unpaired) electrons. The van der Waals surface area contributed by atoms with Crippen LogP contribution < -0.4 is 5.43 Å². The van der Waals surface area contributed by atoms with Gasteiger partial charge in [0.25, 0.3) is 0 Å². The fourth-order valence-corrected chi connectivity index (χ4v) is 3.93. The van der Waals surface area contributed by atoms with E-state index in [9.17, 15) is 4.79 Å². The molecule has 0 fully saturated rings. The van der Waals surface area contributed by atoms with Crippen molar-refractivity contribution >= 4 is 46.0 Å². The Hall–Kier alpha value is -2.41. The van der Waals surface area contributed by atoms with Crippen LogP contribution in [0.25, 0.3) is 22.2 Å². The third-order valence-electron chi connectivity index (χ3n) is 4.31. The van der Waals surface area contributed by atoms with Crippen molar-refractivity contribution in [3.8, 4) is 11.1 Å². The molecule has 5 nitrogen and oxygen atoms in total. The van der Waals surface area contributed by atoms with E-state index in [2.05, 4.69) is 15.0 Å². The van der Waals surface area contributed by atoms with Gasteiger partial charge in [0.05, 0.1) is 15.4 Å². The van der Waals surface area contributed by atoms with Gasteiger partial charge in [-0.3, -0.25) is 9.78 Å². The van der Waals surface area contributed by atoms with Crippen LogP contribution in [0, 0.1) is 0 Å². The van der Waals surface area contributed by atoms with Crippen molar-refractivity contribution in [2.45, 2.75) is 11.7 Å². The van der Waals surface area contributed by atoms with Crippen LogP contribution in [0.4, 0.5) is 0 Å². The Balaban J connectivity index is 2.02. The van der Waals surface area contributed by atoms with E-state index in [0.717, 1.165) is 5.56 Å². The molecule has 0 atom stereocenters. The summed E-state index contributed by atoms with van der Waals surface area (Å²) in [6.07, 6.45) is 8.68. The molecular formula is C20H14Cl2N4OS. The van der Waals surface area contributed by atoms with E-state index in [-0.39, 0.29) is 5.43 Å². The second kappa shape index (κ2) is 7.91. The Kier molecular flexibility index (Phi) is 5.35. The number of nitrogens with zero attached hydrogens (tertiary/aromatic N) is 4. The number of hydrogen-bond donors (Lipinski definition) is 0. The minimum atomic E-state index is -0.205. The fourth-order valence-electron chi connectivity index (χ4n) is 2.99. The quantitative estimate of drug-likeness (QED) is 0.340. The van der Waals surface area contributed by atoms with E-state index in [0.29, 0.717) is 43.9 Å². The molecule has 4 aromatic rings. The average molecular weight is 429 g/mol. The van der Waals surface area contributed by atoms with Crippen LogP contribution in [0.15, 0.2) is 65.1 Å². The Morgan fingerprint density at radius 3 is 2.50 bits per heavy atom. The van der Waals surface area contributed by atoms with Crippen LogP contribution in [-0.4, -0.2) is 25.8 Å². The second-order valence-electron chi connectivity index (χ2n) is 6.05. The summed E-state index contributed by atoms with van der Waals surface area (Å²) >= 11 is 14.2. The van der Waals surface area contributed by atoms with Gasteiger partial charge in [-0.15, -0.1) is 0 Å². The summed E-state index contributed by atoms with van der Waals surface area (Å²) in [5.41, 5.74) is 2.31. The van der Waals surface area contributed by atoms with Gasteiger partial charge in [0, 0.05) is 42.5 Å². The first-order valence-electron chi connectivity index (χ1n) is 8.36. The summed E-state index contributed by atoms with van der Waals surface area (Å²) in [4.78, 5) is 26.1. The van der Waals surface area contributed by atoms with E-state index >= 15 is 0 Å². The largest absolute Gasteiger partial charge is 0.327 e. The molecule has 3 aromatic heterocycles. The van der Waals surface area contributed by atoms with Crippen LogP contribution in [0.3, 0.4) is 0 Å². The van der Waals surface area contributed by atoms with Gasteiger partial charge in [-0.05, 0) is 36.1 Å². The van der Waals surface area contributed by atoms with Gasteiger partial charge in [-0.1, -0.05) is 41.0 Å². The molecule has 0 aliphatic rings. The van der Waals surface area contributed by atoms with Crippen LogP contribution >= 0.6 is 35.0 Å². The number of fused-ring (bicyclic) bond motifs is 1. The first-order valence-corrected chi connectivity index (χ1v) is 10.3. The van der Waals surface area contributed by atoms with Gasteiger partial charge in [0.1, 0.15) is 5.65 Å². The molecule has 0 unspecified atom stereocenters. The fraction of sp³-hybridized carbons (Fsp3) is 0.100. The first kappa shape index (κ1) is 18.9. The highest BCUT2D eigenvalue weighted by Gasteiger charge is 2.17. The smallest absolute Gasteiger partial charge is 0.200 e. The number of benzene rings is 1. The van der Waals surface area contributed by atoms with Gasteiger partial charge in [0.15, 0.2) is 5.16 Å². The number of thioether (sulfide) groups is 1.